The lowest BCUT2D eigenvalue weighted by Gasteiger charge is -2.06. The molecule has 0 radical (unpaired) electrons. The lowest BCUT2D eigenvalue weighted by molar-refractivity contribution is 0.0498. The number of ether oxygens (including phenoxy) is 1. The molecule has 104 valence electrons. The number of fused-ring (bicyclic) bond motifs is 1. The van der Waals surface area contributed by atoms with Gasteiger partial charge in [0.2, 0.25) is 0 Å². The molecule has 0 spiro atoms. The van der Waals surface area contributed by atoms with Crippen LogP contribution in [0.25, 0.3) is 0 Å². The van der Waals surface area contributed by atoms with Crippen molar-refractivity contribution in [3.8, 4) is 0 Å². The molecule has 0 amide bonds. The molecule has 0 aliphatic carbocycles. The highest BCUT2D eigenvalue weighted by atomic mass is 16.5. The Labute approximate surface area is 115 Å². The van der Waals surface area contributed by atoms with E-state index in [2.05, 4.69) is 12.2 Å². The summed E-state index contributed by atoms with van der Waals surface area (Å²) in [6, 6.07) is 5.79. The normalized spacial score (nSPS) is 12.9. The van der Waals surface area contributed by atoms with Crippen LogP contribution >= 0.6 is 0 Å². The van der Waals surface area contributed by atoms with Crippen molar-refractivity contribution in [1.82, 2.24) is 0 Å². The van der Waals surface area contributed by atoms with Crippen LogP contribution in [0.3, 0.4) is 0 Å². The Bertz CT molecular complexity index is 429. The number of rotatable bonds is 7. The monoisotopic (exact) mass is 261 g/mol. The SMILES string of the molecule is CCCCCCCOC(=O)c1ccc2c(c1)NCC2. The van der Waals surface area contributed by atoms with Crippen molar-refractivity contribution in [2.24, 2.45) is 0 Å². The predicted octanol–water partition coefficient (Wildman–Crippen LogP) is 3.78. The number of carbonyl (C=O) groups excluding carboxylic acids is 1. The lowest BCUT2D eigenvalue weighted by Crippen LogP contribution is -2.06. The van der Waals surface area contributed by atoms with Crippen LogP contribution < -0.4 is 5.32 Å². The van der Waals surface area contributed by atoms with Gasteiger partial charge in [-0.2, -0.15) is 0 Å². The smallest absolute Gasteiger partial charge is 0.338 e. The van der Waals surface area contributed by atoms with Crippen LogP contribution in [0.5, 0.6) is 0 Å². The fourth-order valence-corrected chi connectivity index (χ4v) is 2.37. The van der Waals surface area contributed by atoms with E-state index in [1.807, 2.05) is 18.2 Å². The minimum Gasteiger partial charge on any atom is -0.462 e. The Morgan fingerprint density at radius 2 is 2.11 bits per heavy atom. The summed E-state index contributed by atoms with van der Waals surface area (Å²) in [4.78, 5) is 11.9. The molecule has 19 heavy (non-hydrogen) atoms. The second-order valence-corrected chi connectivity index (χ2v) is 5.10. The minimum atomic E-state index is -0.202. The Kier molecular flexibility index (Phi) is 5.25. The van der Waals surface area contributed by atoms with E-state index in [9.17, 15) is 4.79 Å². The summed E-state index contributed by atoms with van der Waals surface area (Å²) in [6.45, 7) is 3.69. The summed E-state index contributed by atoms with van der Waals surface area (Å²) in [5.41, 5.74) is 3.02. The number of benzene rings is 1. The third-order valence-corrected chi connectivity index (χ3v) is 3.54. The van der Waals surface area contributed by atoms with Crippen LogP contribution in [-0.4, -0.2) is 19.1 Å². The van der Waals surface area contributed by atoms with Crippen LogP contribution in [0.4, 0.5) is 5.69 Å². The summed E-state index contributed by atoms with van der Waals surface area (Å²) < 4.78 is 5.30. The highest BCUT2D eigenvalue weighted by Gasteiger charge is 2.13. The molecule has 0 unspecified atom stereocenters. The molecule has 0 atom stereocenters. The first kappa shape index (κ1) is 13.9. The molecule has 0 fully saturated rings. The van der Waals surface area contributed by atoms with Crippen LogP contribution in [0.1, 0.15) is 54.9 Å². The molecule has 0 bridgehead atoms. The fraction of sp³-hybridized carbons (Fsp3) is 0.562. The van der Waals surface area contributed by atoms with Gasteiger partial charge in [-0.25, -0.2) is 4.79 Å². The quantitative estimate of drug-likeness (QED) is 0.599. The van der Waals surface area contributed by atoms with Gasteiger partial charge >= 0.3 is 5.97 Å². The van der Waals surface area contributed by atoms with Crippen molar-refractivity contribution in [3.05, 3.63) is 29.3 Å². The molecule has 1 aliphatic heterocycles. The van der Waals surface area contributed by atoms with Gasteiger partial charge in [-0.3, -0.25) is 0 Å². The Balaban J connectivity index is 1.74. The molecule has 1 heterocycles. The van der Waals surface area contributed by atoms with Gasteiger partial charge in [0.1, 0.15) is 0 Å². The number of carbonyl (C=O) groups is 1. The van der Waals surface area contributed by atoms with E-state index in [1.54, 1.807) is 0 Å². The summed E-state index contributed by atoms with van der Waals surface area (Å²) in [7, 11) is 0. The number of unbranched alkanes of at least 4 members (excludes halogenated alkanes) is 4. The van der Waals surface area contributed by atoms with Gasteiger partial charge < -0.3 is 10.1 Å². The molecule has 2 rings (SSSR count). The number of nitrogens with one attached hydrogen (secondary N) is 1. The van der Waals surface area contributed by atoms with E-state index in [0.717, 1.165) is 31.5 Å². The van der Waals surface area contributed by atoms with Crippen molar-refractivity contribution in [2.75, 3.05) is 18.5 Å². The van der Waals surface area contributed by atoms with Crippen molar-refractivity contribution >= 4 is 11.7 Å². The molecule has 1 aromatic rings. The molecule has 1 N–H and O–H groups in total. The average molecular weight is 261 g/mol. The highest BCUT2D eigenvalue weighted by Crippen LogP contribution is 2.23. The summed E-state index contributed by atoms with van der Waals surface area (Å²) in [5.74, 6) is -0.202. The first-order valence-electron chi connectivity index (χ1n) is 7.35. The molecule has 0 saturated heterocycles. The van der Waals surface area contributed by atoms with Crippen molar-refractivity contribution in [3.63, 3.8) is 0 Å². The van der Waals surface area contributed by atoms with Gasteiger partial charge in [-0.15, -0.1) is 0 Å². The van der Waals surface area contributed by atoms with E-state index >= 15 is 0 Å². The molecule has 0 aromatic heterocycles. The number of hydrogen-bond acceptors (Lipinski definition) is 3. The Morgan fingerprint density at radius 1 is 1.26 bits per heavy atom. The van der Waals surface area contributed by atoms with Crippen LogP contribution in [-0.2, 0) is 11.2 Å². The third-order valence-electron chi connectivity index (χ3n) is 3.54. The van der Waals surface area contributed by atoms with Crippen LogP contribution in [0, 0.1) is 0 Å². The van der Waals surface area contributed by atoms with Gasteiger partial charge in [-0.05, 0) is 30.5 Å². The van der Waals surface area contributed by atoms with E-state index < -0.39 is 0 Å². The third kappa shape index (κ3) is 3.98. The average Bonchev–Trinajstić information content (AvgIpc) is 2.89. The lowest BCUT2D eigenvalue weighted by atomic mass is 10.1. The van der Waals surface area contributed by atoms with E-state index in [-0.39, 0.29) is 5.97 Å². The molecule has 3 heteroatoms. The largest absolute Gasteiger partial charge is 0.462 e. The van der Waals surface area contributed by atoms with Gasteiger partial charge in [0.25, 0.3) is 0 Å². The van der Waals surface area contributed by atoms with E-state index in [0.29, 0.717) is 12.2 Å². The maximum Gasteiger partial charge on any atom is 0.338 e. The predicted molar refractivity (Wildman–Crippen MR) is 77.7 cm³/mol. The van der Waals surface area contributed by atoms with Crippen molar-refractivity contribution in [2.45, 2.75) is 45.4 Å². The molecule has 0 saturated carbocycles. The molecular weight excluding hydrogens is 238 g/mol. The second kappa shape index (κ2) is 7.17. The van der Waals surface area contributed by atoms with Gasteiger partial charge in [0, 0.05) is 12.2 Å². The minimum absolute atomic E-state index is 0.202. The van der Waals surface area contributed by atoms with E-state index in [1.165, 1.54) is 24.8 Å². The van der Waals surface area contributed by atoms with Crippen molar-refractivity contribution in [1.29, 1.82) is 0 Å². The summed E-state index contributed by atoms with van der Waals surface area (Å²) in [6.07, 6.45) is 6.90. The van der Waals surface area contributed by atoms with Crippen LogP contribution in [0.15, 0.2) is 18.2 Å². The second-order valence-electron chi connectivity index (χ2n) is 5.10. The summed E-state index contributed by atoms with van der Waals surface area (Å²) in [5, 5.41) is 3.28. The zero-order valence-corrected chi connectivity index (χ0v) is 11.7. The zero-order valence-electron chi connectivity index (χ0n) is 11.7. The first-order chi connectivity index (χ1) is 9.31. The number of hydrogen-bond donors (Lipinski definition) is 1. The first-order valence-corrected chi connectivity index (χ1v) is 7.35. The zero-order chi connectivity index (χ0) is 13.5. The van der Waals surface area contributed by atoms with Gasteiger partial charge in [0.05, 0.1) is 12.2 Å². The fourth-order valence-electron chi connectivity index (χ4n) is 2.37. The van der Waals surface area contributed by atoms with Gasteiger partial charge in [0.15, 0.2) is 0 Å². The van der Waals surface area contributed by atoms with E-state index in [4.69, 9.17) is 4.74 Å². The summed E-state index contributed by atoms with van der Waals surface area (Å²) >= 11 is 0. The number of esters is 1. The standard InChI is InChI=1S/C16H23NO2/c1-2-3-4-5-6-11-19-16(18)14-8-7-13-9-10-17-15(13)12-14/h7-8,12,17H,2-6,9-11H2,1H3. The van der Waals surface area contributed by atoms with Crippen LogP contribution in [0.2, 0.25) is 0 Å². The molecular formula is C16H23NO2. The maximum absolute atomic E-state index is 11.9. The highest BCUT2D eigenvalue weighted by molar-refractivity contribution is 5.91. The molecule has 1 aliphatic rings. The Morgan fingerprint density at radius 3 is 2.95 bits per heavy atom. The molecule has 3 nitrogen and oxygen atoms in total. The van der Waals surface area contributed by atoms with Crippen molar-refractivity contribution < 1.29 is 9.53 Å². The maximum atomic E-state index is 11.9. The topological polar surface area (TPSA) is 38.3 Å². The number of anilines is 1. The van der Waals surface area contributed by atoms with Gasteiger partial charge in [-0.1, -0.05) is 38.7 Å². The Hall–Kier alpha value is -1.51. The molecule has 1 aromatic carbocycles.